The third-order valence-electron chi connectivity index (χ3n) is 4.70. The Morgan fingerprint density at radius 3 is 2.57 bits per heavy atom. The summed E-state index contributed by atoms with van der Waals surface area (Å²) in [6, 6.07) is 1.65. The minimum Gasteiger partial charge on any atom is -0.330 e. The number of hydrogen-bond donors (Lipinski definition) is 0. The number of hydrogen-bond acceptors (Lipinski definition) is 4. The third-order valence-corrected chi connectivity index (χ3v) is 6.81. The second-order valence-corrected chi connectivity index (χ2v) is 9.33. The largest absolute Gasteiger partial charge is 0.426 e. The van der Waals surface area contributed by atoms with E-state index in [1.165, 1.54) is 10.8 Å². The van der Waals surface area contributed by atoms with Gasteiger partial charge in [-0.05, 0) is 30.4 Å². The van der Waals surface area contributed by atoms with E-state index in [0.717, 1.165) is 24.5 Å². The molecule has 0 aromatic carbocycles. The van der Waals surface area contributed by atoms with Gasteiger partial charge < -0.3 is 4.57 Å². The molecule has 0 unspecified atom stereocenters. The molecule has 1 aliphatic carbocycles. The minimum atomic E-state index is -4.61. The number of pyridine rings is 1. The van der Waals surface area contributed by atoms with Crippen LogP contribution in [0.4, 0.5) is 13.2 Å². The highest BCUT2D eigenvalue weighted by Gasteiger charge is 2.32. The lowest BCUT2D eigenvalue weighted by molar-refractivity contribution is -0.0847. The molecule has 0 amide bonds. The monoisotopic (exact) mass is 433 g/mol. The molecule has 28 heavy (non-hydrogen) atoms. The van der Waals surface area contributed by atoms with Crippen molar-refractivity contribution in [1.82, 2.24) is 14.5 Å². The first kappa shape index (κ1) is 20.9. The molecule has 2 aromatic heterocycles. The van der Waals surface area contributed by atoms with Gasteiger partial charge in [0.15, 0.2) is 15.7 Å². The van der Waals surface area contributed by atoms with Crippen LogP contribution >= 0.6 is 11.6 Å². The van der Waals surface area contributed by atoms with Crippen LogP contribution in [0, 0.1) is 0 Å². The molecule has 0 aliphatic heterocycles. The van der Waals surface area contributed by atoms with Crippen LogP contribution in [0.2, 0.25) is 0 Å². The van der Waals surface area contributed by atoms with E-state index in [2.05, 4.69) is 9.97 Å². The van der Waals surface area contributed by atoms with Crippen LogP contribution in [0.3, 0.4) is 0 Å². The van der Waals surface area contributed by atoms with Gasteiger partial charge in [0, 0.05) is 31.6 Å². The van der Waals surface area contributed by atoms with E-state index < -0.39 is 21.0 Å². The van der Waals surface area contributed by atoms with Gasteiger partial charge in [0.2, 0.25) is 0 Å². The first-order valence-electron chi connectivity index (χ1n) is 8.71. The fraction of sp³-hybridized carbons (Fsp3) is 0.444. The van der Waals surface area contributed by atoms with Crippen LogP contribution in [-0.4, -0.2) is 34.9 Å². The molecular formula is C18H19ClF3N3O2S. The summed E-state index contributed by atoms with van der Waals surface area (Å²) in [6.07, 6.45) is 1.21. The maximum Gasteiger partial charge on any atom is 0.426 e. The normalized spacial score (nSPS) is 15.9. The predicted molar refractivity (Wildman–Crippen MR) is 99.8 cm³/mol. The summed E-state index contributed by atoms with van der Waals surface area (Å²) in [5.74, 6) is 0.525. The zero-order chi connectivity index (χ0) is 20.7. The average molecular weight is 434 g/mol. The predicted octanol–water partition coefficient (Wildman–Crippen LogP) is 4.38. The molecule has 1 aliphatic rings. The Balaban J connectivity index is 2.02. The van der Waals surface area contributed by atoms with E-state index in [0.29, 0.717) is 11.6 Å². The molecule has 5 nitrogen and oxygen atoms in total. The van der Waals surface area contributed by atoms with E-state index in [-0.39, 0.29) is 28.6 Å². The Morgan fingerprint density at radius 2 is 2.00 bits per heavy atom. The summed E-state index contributed by atoms with van der Waals surface area (Å²) in [5, 5.41) is -1.21. The molecule has 152 valence electrons. The lowest BCUT2D eigenvalue weighted by atomic mass is 10.2. The number of aromatic nitrogens is 3. The van der Waals surface area contributed by atoms with Gasteiger partial charge in [-0.3, -0.25) is 4.98 Å². The second kappa shape index (κ2) is 7.51. The van der Waals surface area contributed by atoms with E-state index >= 15 is 0 Å². The van der Waals surface area contributed by atoms with Crippen LogP contribution in [-0.2, 0) is 23.3 Å². The van der Waals surface area contributed by atoms with Gasteiger partial charge in [-0.25, -0.2) is 13.4 Å². The van der Waals surface area contributed by atoms with Gasteiger partial charge >= 0.3 is 6.18 Å². The first-order valence-corrected chi connectivity index (χ1v) is 10.7. The summed E-state index contributed by atoms with van der Waals surface area (Å²) < 4.78 is 64.4. The van der Waals surface area contributed by atoms with E-state index in [1.807, 2.05) is 0 Å². The topological polar surface area (TPSA) is 64.8 Å². The number of rotatable bonds is 6. The Morgan fingerprint density at radius 1 is 1.32 bits per heavy atom. The number of allylic oxidation sites excluding steroid dienone is 2. The Kier molecular flexibility index (Phi) is 5.60. The standard InChI is InChI=1S/C18H19ClF3N3O2S/c1-3-28(26,27)14-8-12(11-4-5-11)9-23-16(14)17-24-10-13(25(17)2)6-7-15(19)18(20,21)22/h7-11H,3-6H2,1-2H3/b15-7+. The zero-order valence-corrected chi connectivity index (χ0v) is 16.9. The molecule has 2 heterocycles. The van der Waals surface area contributed by atoms with Gasteiger partial charge in [0.05, 0.1) is 10.6 Å². The summed E-state index contributed by atoms with van der Waals surface area (Å²) in [6.45, 7) is 1.55. The van der Waals surface area contributed by atoms with E-state index in [9.17, 15) is 21.6 Å². The Hall–Kier alpha value is -1.87. The Labute approximate surface area is 166 Å². The lowest BCUT2D eigenvalue weighted by Crippen LogP contribution is -2.10. The van der Waals surface area contributed by atoms with Crippen LogP contribution in [0.1, 0.15) is 36.9 Å². The van der Waals surface area contributed by atoms with Crippen LogP contribution in [0.5, 0.6) is 0 Å². The summed E-state index contributed by atoms with van der Waals surface area (Å²) in [5.41, 5.74) is 1.53. The first-order chi connectivity index (χ1) is 13.0. The summed E-state index contributed by atoms with van der Waals surface area (Å²) in [7, 11) is -1.95. The van der Waals surface area contributed by atoms with Crippen LogP contribution in [0.15, 0.2) is 34.5 Å². The van der Waals surface area contributed by atoms with Crippen LogP contribution in [0.25, 0.3) is 11.5 Å². The van der Waals surface area contributed by atoms with E-state index in [4.69, 9.17) is 11.6 Å². The third kappa shape index (κ3) is 4.25. The van der Waals surface area contributed by atoms with Gasteiger partial charge in [0.25, 0.3) is 0 Å². The van der Waals surface area contributed by atoms with Crippen molar-refractivity contribution in [2.45, 2.75) is 43.2 Å². The van der Waals surface area contributed by atoms with Crippen molar-refractivity contribution in [3.8, 4) is 11.5 Å². The highest BCUT2D eigenvalue weighted by atomic mass is 35.5. The zero-order valence-electron chi connectivity index (χ0n) is 15.3. The van der Waals surface area contributed by atoms with Crippen molar-refractivity contribution in [3.63, 3.8) is 0 Å². The molecule has 0 N–H and O–H groups in total. The molecule has 0 radical (unpaired) electrons. The maximum absolute atomic E-state index is 12.6. The molecule has 0 spiro atoms. The molecule has 0 atom stereocenters. The highest BCUT2D eigenvalue weighted by molar-refractivity contribution is 7.91. The number of sulfone groups is 1. The fourth-order valence-corrected chi connectivity index (χ4v) is 3.97. The van der Waals surface area contributed by atoms with Gasteiger partial charge in [-0.2, -0.15) is 13.2 Å². The molecular weight excluding hydrogens is 415 g/mol. The van der Waals surface area contributed by atoms with E-state index in [1.54, 1.807) is 26.2 Å². The minimum absolute atomic E-state index is 0.0863. The molecule has 0 bridgehead atoms. The maximum atomic E-state index is 12.6. The lowest BCUT2D eigenvalue weighted by Gasteiger charge is -2.11. The van der Waals surface area contributed by atoms with Crippen molar-refractivity contribution in [2.75, 3.05) is 5.75 Å². The van der Waals surface area contributed by atoms with Crippen molar-refractivity contribution in [1.29, 1.82) is 0 Å². The second-order valence-electron chi connectivity index (χ2n) is 6.68. The van der Waals surface area contributed by atoms with Crippen molar-refractivity contribution < 1.29 is 21.6 Å². The number of alkyl halides is 3. The Bertz CT molecular complexity index is 1030. The van der Waals surface area contributed by atoms with Gasteiger partial charge in [-0.15, -0.1) is 0 Å². The van der Waals surface area contributed by atoms with Crippen LogP contribution < -0.4 is 0 Å². The smallest absolute Gasteiger partial charge is 0.330 e. The quantitative estimate of drug-likeness (QED) is 0.678. The van der Waals surface area contributed by atoms with Crippen molar-refractivity contribution in [2.24, 2.45) is 7.05 Å². The highest BCUT2D eigenvalue weighted by Crippen LogP contribution is 2.41. The van der Waals surface area contributed by atoms with Crippen molar-refractivity contribution in [3.05, 3.63) is 40.8 Å². The molecule has 10 heteroatoms. The molecule has 1 saturated carbocycles. The SMILES string of the molecule is CCS(=O)(=O)c1cc(C2CC2)cnc1-c1ncc(C/C=C(/Cl)C(F)(F)F)n1C. The number of nitrogens with zero attached hydrogens (tertiary/aromatic N) is 3. The van der Waals surface area contributed by atoms with Gasteiger partial charge in [0.1, 0.15) is 10.7 Å². The summed E-state index contributed by atoms with van der Waals surface area (Å²) >= 11 is 5.25. The number of imidazole rings is 1. The fourth-order valence-electron chi connectivity index (χ4n) is 2.82. The molecule has 3 rings (SSSR count). The molecule has 1 fully saturated rings. The molecule has 2 aromatic rings. The number of halogens is 4. The van der Waals surface area contributed by atoms with Crippen molar-refractivity contribution >= 4 is 21.4 Å². The molecule has 0 saturated heterocycles. The summed E-state index contributed by atoms with van der Waals surface area (Å²) in [4.78, 5) is 8.66. The van der Waals surface area contributed by atoms with Gasteiger partial charge in [-0.1, -0.05) is 24.6 Å². The average Bonchev–Trinajstić information content (AvgIpc) is 3.42.